The molecule has 1 amide bonds. The molecule has 0 unspecified atom stereocenters. The summed E-state index contributed by atoms with van der Waals surface area (Å²) in [6.45, 7) is 2.58. The van der Waals surface area contributed by atoms with Crippen LogP contribution in [0.4, 0.5) is 8.78 Å². The van der Waals surface area contributed by atoms with Gasteiger partial charge < -0.3 is 23.9 Å². The Morgan fingerprint density at radius 2 is 2.06 bits per heavy atom. The van der Waals surface area contributed by atoms with Crippen LogP contribution in [0.2, 0.25) is 0 Å². The van der Waals surface area contributed by atoms with E-state index < -0.39 is 34.9 Å². The van der Waals surface area contributed by atoms with Gasteiger partial charge in [0, 0.05) is 24.0 Å². The third-order valence-corrected chi connectivity index (χ3v) is 5.64. The van der Waals surface area contributed by atoms with Crippen molar-refractivity contribution in [3.05, 3.63) is 70.0 Å². The van der Waals surface area contributed by atoms with E-state index in [0.717, 1.165) is 12.1 Å². The van der Waals surface area contributed by atoms with Gasteiger partial charge in [0.1, 0.15) is 11.6 Å². The van der Waals surface area contributed by atoms with Crippen LogP contribution in [0.3, 0.4) is 0 Å². The van der Waals surface area contributed by atoms with Gasteiger partial charge in [0.05, 0.1) is 43.3 Å². The zero-order chi connectivity index (χ0) is 21.9. The predicted octanol–water partition coefficient (Wildman–Crippen LogP) is 1.94. The molecular formula is C21H18F2N4O4. The monoisotopic (exact) mass is 428 g/mol. The summed E-state index contributed by atoms with van der Waals surface area (Å²) in [6.07, 6.45) is 3.94. The Morgan fingerprint density at radius 1 is 1.26 bits per heavy atom. The van der Waals surface area contributed by atoms with Gasteiger partial charge in [-0.3, -0.25) is 9.59 Å². The van der Waals surface area contributed by atoms with Gasteiger partial charge in [-0.15, -0.1) is 0 Å². The molecule has 0 radical (unpaired) electrons. The van der Waals surface area contributed by atoms with Gasteiger partial charge in [0.25, 0.3) is 5.91 Å². The number of amides is 1. The SMILES string of the molecule is C[C@H]1CO[C@@H]2Cn3cc(-c4cn(Cc5ccc(F)cc5F)cn4)c(=O)c(O)c3C(=O)N12. The van der Waals surface area contributed by atoms with Gasteiger partial charge in [-0.25, -0.2) is 13.8 Å². The number of aromatic hydroxyl groups is 1. The van der Waals surface area contributed by atoms with E-state index in [4.69, 9.17) is 4.74 Å². The minimum atomic E-state index is -0.718. The Labute approximate surface area is 174 Å². The molecule has 0 spiro atoms. The van der Waals surface area contributed by atoms with Gasteiger partial charge >= 0.3 is 0 Å². The normalized spacial score (nSPS) is 20.1. The van der Waals surface area contributed by atoms with Crippen LogP contribution in [0.5, 0.6) is 5.75 Å². The molecule has 0 bridgehead atoms. The molecule has 10 heteroatoms. The van der Waals surface area contributed by atoms with Gasteiger partial charge in [-0.1, -0.05) is 6.07 Å². The van der Waals surface area contributed by atoms with Gasteiger partial charge in [0.15, 0.2) is 17.7 Å². The van der Waals surface area contributed by atoms with Gasteiger partial charge in [-0.2, -0.15) is 0 Å². The lowest BCUT2D eigenvalue weighted by Gasteiger charge is -2.33. The van der Waals surface area contributed by atoms with E-state index in [1.165, 1.54) is 34.3 Å². The highest BCUT2D eigenvalue weighted by molar-refractivity contribution is 5.96. The summed E-state index contributed by atoms with van der Waals surface area (Å²) in [5, 5.41) is 10.5. The summed E-state index contributed by atoms with van der Waals surface area (Å²) in [7, 11) is 0. The number of ether oxygens (including phenoxy) is 1. The Balaban J connectivity index is 1.51. The van der Waals surface area contributed by atoms with Crippen LogP contribution in [-0.2, 0) is 17.8 Å². The van der Waals surface area contributed by atoms with Crippen molar-refractivity contribution in [3.63, 3.8) is 0 Å². The molecule has 8 nitrogen and oxygen atoms in total. The van der Waals surface area contributed by atoms with Crippen molar-refractivity contribution in [2.45, 2.75) is 32.3 Å². The highest BCUT2D eigenvalue weighted by Gasteiger charge is 2.42. The number of benzene rings is 1. The number of hydrogen-bond acceptors (Lipinski definition) is 5. The number of imidazole rings is 1. The molecule has 0 aliphatic carbocycles. The quantitative estimate of drug-likeness (QED) is 0.689. The van der Waals surface area contributed by atoms with Crippen LogP contribution in [0.25, 0.3) is 11.3 Å². The van der Waals surface area contributed by atoms with Crippen molar-refractivity contribution in [3.8, 4) is 17.0 Å². The first-order valence-electron chi connectivity index (χ1n) is 9.70. The second kappa shape index (κ2) is 7.02. The first-order chi connectivity index (χ1) is 14.8. The van der Waals surface area contributed by atoms with Crippen LogP contribution >= 0.6 is 0 Å². The maximum Gasteiger partial charge on any atom is 0.276 e. The average molecular weight is 428 g/mol. The van der Waals surface area contributed by atoms with E-state index in [2.05, 4.69) is 4.98 Å². The smallest absolute Gasteiger partial charge is 0.276 e. The van der Waals surface area contributed by atoms with E-state index in [1.807, 2.05) is 6.92 Å². The van der Waals surface area contributed by atoms with Crippen molar-refractivity contribution in [1.82, 2.24) is 19.0 Å². The average Bonchev–Trinajstić information content (AvgIpc) is 3.33. The van der Waals surface area contributed by atoms with Crippen molar-refractivity contribution in [2.24, 2.45) is 0 Å². The van der Waals surface area contributed by atoms with E-state index in [9.17, 15) is 23.5 Å². The minimum absolute atomic E-state index is 0.0739. The lowest BCUT2D eigenvalue weighted by Crippen LogP contribution is -2.48. The fraction of sp³-hybridized carbons (Fsp3) is 0.286. The maximum atomic E-state index is 13.9. The highest BCUT2D eigenvalue weighted by Crippen LogP contribution is 2.30. The van der Waals surface area contributed by atoms with E-state index in [-0.39, 0.29) is 41.6 Å². The summed E-state index contributed by atoms with van der Waals surface area (Å²) in [4.78, 5) is 31.4. The Kier molecular flexibility index (Phi) is 4.40. The number of hydrogen-bond donors (Lipinski definition) is 1. The van der Waals surface area contributed by atoms with E-state index >= 15 is 0 Å². The number of fused-ring (bicyclic) bond motifs is 2. The number of pyridine rings is 1. The molecule has 31 heavy (non-hydrogen) atoms. The predicted molar refractivity (Wildman–Crippen MR) is 104 cm³/mol. The van der Waals surface area contributed by atoms with Crippen LogP contribution in [-0.4, -0.2) is 48.9 Å². The first-order valence-corrected chi connectivity index (χ1v) is 9.70. The van der Waals surface area contributed by atoms with Crippen LogP contribution in [0.1, 0.15) is 23.0 Å². The van der Waals surface area contributed by atoms with Crippen molar-refractivity contribution < 1.29 is 23.4 Å². The second-order valence-electron chi connectivity index (χ2n) is 7.74. The van der Waals surface area contributed by atoms with E-state index in [1.54, 1.807) is 4.57 Å². The molecule has 5 rings (SSSR count). The minimum Gasteiger partial charge on any atom is -0.503 e. The molecule has 160 valence electrons. The molecule has 1 saturated heterocycles. The topological polar surface area (TPSA) is 89.6 Å². The fourth-order valence-electron chi connectivity index (χ4n) is 4.09. The number of halogens is 2. The molecule has 2 aliphatic rings. The lowest BCUT2D eigenvalue weighted by atomic mass is 10.1. The standard InChI is InChI=1S/C21H18F2N4O4/c1-11-9-31-17-8-26-6-14(19(28)20(29)18(26)21(30)27(11)17)16-7-25(10-24-16)5-12-2-3-13(22)4-15(12)23/h2-4,6-7,10-11,17,29H,5,8-9H2,1H3/t11-,17+/m0/s1. The maximum absolute atomic E-state index is 13.9. The molecule has 1 N–H and O–H groups in total. The number of aromatic nitrogens is 3. The number of carbonyl (C=O) groups excluding carboxylic acids is 1. The molecule has 1 aromatic carbocycles. The Hall–Kier alpha value is -3.53. The van der Waals surface area contributed by atoms with Crippen LogP contribution < -0.4 is 5.43 Å². The summed E-state index contributed by atoms with van der Waals surface area (Å²) < 4.78 is 35.7. The van der Waals surface area contributed by atoms with Gasteiger partial charge in [0.2, 0.25) is 5.43 Å². The summed E-state index contributed by atoms with van der Waals surface area (Å²) >= 11 is 0. The molecule has 2 aromatic heterocycles. The van der Waals surface area contributed by atoms with Gasteiger partial charge in [-0.05, 0) is 13.0 Å². The van der Waals surface area contributed by atoms with E-state index in [0.29, 0.717) is 6.61 Å². The van der Waals surface area contributed by atoms with Crippen molar-refractivity contribution in [2.75, 3.05) is 6.61 Å². The summed E-state index contributed by atoms with van der Waals surface area (Å²) in [6, 6.07) is 3.15. The Morgan fingerprint density at radius 3 is 2.84 bits per heavy atom. The second-order valence-corrected chi connectivity index (χ2v) is 7.74. The number of nitrogens with zero attached hydrogens (tertiary/aromatic N) is 4. The lowest BCUT2D eigenvalue weighted by molar-refractivity contribution is 0.00638. The molecule has 2 atom stereocenters. The third-order valence-electron chi connectivity index (χ3n) is 5.64. The zero-order valence-corrected chi connectivity index (χ0v) is 16.5. The number of rotatable bonds is 3. The molecule has 4 heterocycles. The zero-order valence-electron chi connectivity index (χ0n) is 16.5. The summed E-state index contributed by atoms with van der Waals surface area (Å²) in [5.74, 6) is -2.45. The molecule has 2 aliphatic heterocycles. The van der Waals surface area contributed by atoms with Crippen molar-refractivity contribution >= 4 is 5.91 Å². The van der Waals surface area contributed by atoms with Crippen LogP contribution in [0.15, 0.2) is 41.7 Å². The molecule has 0 saturated carbocycles. The first kappa shape index (κ1) is 19.4. The Bertz CT molecular complexity index is 1270. The summed E-state index contributed by atoms with van der Waals surface area (Å²) in [5.41, 5.74) is -0.173. The number of carbonyl (C=O) groups is 1. The molecular weight excluding hydrogens is 410 g/mol. The highest BCUT2D eigenvalue weighted by atomic mass is 19.1. The van der Waals surface area contributed by atoms with Crippen LogP contribution in [0, 0.1) is 11.6 Å². The largest absolute Gasteiger partial charge is 0.503 e. The third kappa shape index (κ3) is 3.10. The van der Waals surface area contributed by atoms with Crippen molar-refractivity contribution in [1.29, 1.82) is 0 Å². The molecule has 1 fully saturated rings. The fourth-order valence-corrected chi connectivity index (χ4v) is 4.09. The molecule has 3 aromatic rings.